The molecule has 0 atom stereocenters. The number of hydrogen-bond donors (Lipinski definition) is 1. The Bertz CT molecular complexity index is 380. The summed E-state index contributed by atoms with van der Waals surface area (Å²) in [6, 6.07) is 1.50. The molecule has 0 radical (unpaired) electrons. The zero-order chi connectivity index (χ0) is 9.35. The van der Waals surface area contributed by atoms with E-state index >= 15 is 0 Å². The molecule has 6 heteroatoms. The maximum atomic E-state index is 11.0. The summed E-state index contributed by atoms with van der Waals surface area (Å²) in [6.07, 6.45) is 3.48. The van der Waals surface area contributed by atoms with Crippen molar-refractivity contribution in [2.45, 2.75) is 9.92 Å². The van der Waals surface area contributed by atoms with Crippen molar-refractivity contribution >= 4 is 21.8 Å². The minimum absolute atomic E-state index is 0.192. The Kier molecular flexibility index (Phi) is 2.50. The van der Waals surface area contributed by atoms with Crippen molar-refractivity contribution in [3.63, 3.8) is 0 Å². The van der Waals surface area contributed by atoms with Crippen LogP contribution in [0.15, 0.2) is 22.2 Å². The molecule has 0 bridgehead atoms. The highest BCUT2D eigenvalue weighted by molar-refractivity contribution is 7.99. The van der Waals surface area contributed by atoms with Crippen LogP contribution in [0, 0.1) is 0 Å². The molecule has 0 fully saturated rings. The fourth-order valence-electron chi connectivity index (χ4n) is 0.953. The van der Waals surface area contributed by atoms with E-state index in [0.29, 0.717) is 5.03 Å². The smallest absolute Gasteiger partial charge is 0.240 e. The molecule has 0 unspecified atom stereocenters. The van der Waals surface area contributed by atoms with Gasteiger partial charge >= 0.3 is 0 Å². The van der Waals surface area contributed by atoms with Gasteiger partial charge in [-0.05, 0) is 12.3 Å². The predicted octanol–water partition coefficient (Wildman–Crippen LogP) is 0.394. The normalized spacial score (nSPS) is 11.9. The van der Waals surface area contributed by atoms with E-state index in [1.807, 2.05) is 6.26 Å². The first-order chi connectivity index (χ1) is 5.46. The maximum absolute atomic E-state index is 11.0. The van der Waals surface area contributed by atoms with Crippen molar-refractivity contribution in [2.75, 3.05) is 6.26 Å². The summed E-state index contributed by atoms with van der Waals surface area (Å²) < 4.78 is 23.7. The topological polar surface area (TPSA) is 65.1 Å². The number of aryl methyl sites for hydroxylation is 1. The standard InChI is InChI=1S/C6H10N2O2S2/c1-8-4-3-5(6(8)11-2)12(7,9)10/h3-4H,1-2H3,(H2,7,9,10). The van der Waals surface area contributed by atoms with Gasteiger partial charge in [0.05, 0.1) is 5.03 Å². The van der Waals surface area contributed by atoms with E-state index in [2.05, 4.69) is 0 Å². The van der Waals surface area contributed by atoms with Crippen LogP contribution in [0.5, 0.6) is 0 Å². The van der Waals surface area contributed by atoms with Crippen molar-refractivity contribution in [3.05, 3.63) is 12.3 Å². The summed E-state index contributed by atoms with van der Waals surface area (Å²) in [5, 5.41) is 5.66. The summed E-state index contributed by atoms with van der Waals surface area (Å²) in [7, 11) is -1.79. The molecule has 1 aromatic rings. The predicted molar refractivity (Wildman–Crippen MR) is 48.6 cm³/mol. The second-order valence-electron chi connectivity index (χ2n) is 2.35. The van der Waals surface area contributed by atoms with Crippen LogP contribution in [0.4, 0.5) is 0 Å². The maximum Gasteiger partial charge on any atom is 0.240 e. The van der Waals surface area contributed by atoms with E-state index in [1.54, 1.807) is 17.8 Å². The second-order valence-corrected chi connectivity index (χ2v) is 4.67. The molecule has 12 heavy (non-hydrogen) atoms. The molecule has 0 aliphatic heterocycles. The van der Waals surface area contributed by atoms with Crippen LogP contribution in [-0.2, 0) is 17.1 Å². The number of rotatable bonds is 2. The van der Waals surface area contributed by atoms with E-state index in [0.717, 1.165) is 0 Å². The molecule has 1 rings (SSSR count). The Balaban J connectivity index is 3.36. The number of nitrogens with two attached hydrogens (primary N) is 1. The Morgan fingerprint density at radius 3 is 2.50 bits per heavy atom. The number of primary sulfonamides is 1. The van der Waals surface area contributed by atoms with Crippen LogP contribution in [0.3, 0.4) is 0 Å². The number of hydrogen-bond acceptors (Lipinski definition) is 3. The van der Waals surface area contributed by atoms with Crippen LogP contribution < -0.4 is 5.14 Å². The van der Waals surface area contributed by atoms with Crippen molar-refractivity contribution in [1.82, 2.24) is 4.57 Å². The quantitative estimate of drug-likeness (QED) is 0.712. The van der Waals surface area contributed by atoms with E-state index in [1.165, 1.54) is 17.8 Å². The fraction of sp³-hybridized carbons (Fsp3) is 0.333. The molecule has 0 spiro atoms. The van der Waals surface area contributed by atoms with Gasteiger partial charge in [-0.3, -0.25) is 0 Å². The van der Waals surface area contributed by atoms with E-state index in [-0.39, 0.29) is 4.90 Å². The van der Waals surface area contributed by atoms with Gasteiger partial charge in [0.15, 0.2) is 0 Å². The lowest BCUT2D eigenvalue weighted by molar-refractivity contribution is 0.594. The molecular weight excluding hydrogens is 196 g/mol. The van der Waals surface area contributed by atoms with Gasteiger partial charge in [0.2, 0.25) is 10.0 Å². The summed E-state index contributed by atoms with van der Waals surface area (Å²) in [4.78, 5) is 0.192. The van der Waals surface area contributed by atoms with Crippen LogP contribution in [0.1, 0.15) is 0 Å². The first kappa shape index (κ1) is 9.63. The Hall–Kier alpha value is -0.460. The number of sulfonamides is 1. The van der Waals surface area contributed by atoms with Crippen LogP contribution in [-0.4, -0.2) is 19.2 Å². The summed E-state index contributed by atoms with van der Waals surface area (Å²) >= 11 is 1.36. The minimum atomic E-state index is -3.57. The molecule has 0 aliphatic carbocycles. The molecule has 0 amide bonds. The summed E-state index contributed by atoms with van der Waals surface area (Å²) in [5.41, 5.74) is 0. The molecule has 68 valence electrons. The Morgan fingerprint density at radius 1 is 1.58 bits per heavy atom. The third-order valence-electron chi connectivity index (χ3n) is 1.48. The van der Waals surface area contributed by atoms with E-state index in [9.17, 15) is 8.42 Å². The molecule has 0 aliphatic rings. The number of nitrogens with zero attached hydrogens (tertiary/aromatic N) is 1. The van der Waals surface area contributed by atoms with Gasteiger partial charge in [-0.25, -0.2) is 13.6 Å². The fourth-order valence-corrected chi connectivity index (χ4v) is 2.81. The average molecular weight is 206 g/mol. The van der Waals surface area contributed by atoms with Gasteiger partial charge in [0.1, 0.15) is 4.90 Å². The zero-order valence-electron chi connectivity index (χ0n) is 6.81. The molecule has 2 N–H and O–H groups in total. The average Bonchev–Trinajstić information content (AvgIpc) is 2.29. The third-order valence-corrected chi connectivity index (χ3v) is 3.45. The summed E-state index contributed by atoms with van der Waals surface area (Å²) in [5.74, 6) is 0. The van der Waals surface area contributed by atoms with Crippen LogP contribution >= 0.6 is 11.8 Å². The van der Waals surface area contributed by atoms with Gasteiger partial charge in [0.25, 0.3) is 0 Å². The Labute approximate surface area is 75.8 Å². The van der Waals surface area contributed by atoms with Gasteiger partial charge < -0.3 is 4.57 Å². The van der Waals surface area contributed by atoms with Gasteiger partial charge in [-0.1, -0.05) is 0 Å². The van der Waals surface area contributed by atoms with Crippen LogP contribution in [0.25, 0.3) is 0 Å². The summed E-state index contributed by atoms with van der Waals surface area (Å²) in [6.45, 7) is 0. The lowest BCUT2D eigenvalue weighted by Gasteiger charge is -2.01. The molecule has 0 aromatic carbocycles. The lowest BCUT2D eigenvalue weighted by Crippen LogP contribution is -2.12. The molecule has 1 aromatic heterocycles. The van der Waals surface area contributed by atoms with Crippen LogP contribution in [0.2, 0.25) is 0 Å². The van der Waals surface area contributed by atoms with Crippen molar-refractivity contribution in [3.8, 4) is 0 Å². The molecule has 0 saturated heterocycles. The third kappa shape index (κ3) is 1.65. The number of aromatic nitrogens is 1. The zero-order valence-corrected chi connectivity index (χ0v) is 8.45. The van der Waals surface area contributed by atoms with Crippen molar-refractivity contribution in [1.29, 1.82) is 0 Å². The monoisotopic (exact) mass is 206 g/mol. The first-order valence-corrected chi connectivity index (χ1v) is 5.96. The molecule has 0 saturated carbocycles. The van der Waals surface area contributed by atoms with Gasteiger partial charge in [-0.15, -0.1) is 11.8 Å². The molecule has 4 nitrogen and oxygen atoms in total. The highest BCUT2D eigenvalue weighted by atomic mass is 32.2. The lowest BCUT2D eigenvalue weighted by atomic mass is 10.7. The Morgan fingerprint density at radius 2 is 2.17 bits per heavy atom. The minimum Gasteiger partial charge on any atom is -0.345 e. The van der Waals surface area contributed by atoms with Gasteiger partial charge in [0, 0.05) is 13.2 Å². The van der Waals surface area contributed by atoms with Gasteiger partial charge in [-0.2, -0.15) is 0 Å². The van der Waals surface area contributed by atoms with Crippen molar-refractivity contribution in [2.24, 2.45) is 12.2 Å². The molecular formula is C6H10N2O2S2. The van der Waals surface area contributed by atoms with E-state index in [4.69, 9.17) is 5.14 Å². The van der Waals surface area contributed by atoms with E-state index < -0.39 is 10.0 Å². The first-order valence-electron chi connectivity index (χ1n) is 3.19. The SMILES string of the molecule is CSc1c(S(N)(=O)=O)ccn1C. The highest BCUT2D eigenvalue weighted by Gasteiger charge is 2.15. The second kappa shape index (κ2) is 3.12. The number of thioether (sulfide) groups is 1. The largest absolute Gasteiger partial charge is 0.345 e. The highest BCUT2D eigenvalue weighted by Crippen LogP contribution is 2.23. The van der Waals surface area contributed by atoms with Crippen molar-refractivity contribution < 1.29 is 8.42 Å². The molecule has 1 heterocycles.